The number of ether oxygens (including phenoxy) is 1. The summed E-state index contributed by atoms with van der Waals surface area (Å²) in [6.07, 6.45) is 0. The van der Waals surface area contributed by atoms with Gasteiger partial charge in [0.05, 0.1) is 0 Å². The van der Waals surface area contributed by atoms with E-state index >= 15 is 0 Å². The Morgan fingerprint density at radius 3 is 2.62 bits per heavy atom. The molecule has 132 valence electrons. The van der Waals surface area contributed by atoms with Gasteiger partial charge in [0.1, 0.15) is 14.9 Å². The van der Waals surface area contributed by atoms with Gasteiger partial charge in [0.25, 0.3) is 0 Å². The largest absolute Gasteiger partial charge is 0.488 e. The standard InChI is InChI=1S/C16H23BO4S3/c1-11(2)10-23-15(22)24-16(3,4)14(18)21-9-12-6-5-7-13(8-12)17(19)20/h5-8,11,19-20H,9-10H2,1-4H3. The fourth-order valence-electron chi connectivity index (χ4n) is 1.68. The lowest BCUT2D eigenvalue weighted by Gasteiger charge is -2.22. The molecule has 2 N–H and O–H groups in total. The van der Waals surface area contributed by atoms with E-state index in [0.717, 1.165) is 9.28 Å². The van der Waals surface area contributed by atoms with Gasteiger partial charge in [-0.3, -0.25) is 4.79 Å². The lowest BCUT2D eigenvalue weighted by Crippen LogP contribution is -2.32. The molecular weight excluding hydrogens is 363 g/mol. The number of hydrogen-bond acceptors (Lipinski definition) is 7. The van der Waals surface area contributed by atoms with Crippen molar-refractivity contribution in [2.75, 3.05) is 5.75 Å². The molecule has 0 spiro atoms. The summed E-state index contributed by atoms with van der Waals surface area (Å²) < 4.78 is 5.33. The molecule has 1 rings (SSSR count). The molecule has 0 unspecified atom stereocenters. The first-order valence-corrected chi connectivity index (χ1v) is 9.81. The third-order valence-electron chi connectivity index (χ3n) is 2.98. The van der Waals surface area contributed by atoms with Gasteiger partial charge in [-0.1, -0.05) is 62.1 Å². The van der Waals surface area contributed by atoms with Crippen molar-refractivity contribution in [3.8, 4) is 0 Å². The van der Waals surface area contributed by atoms with Gasteiger partial charge in [0.15, 0.2) is 0 Å². The molecular formula is C16H23BO4S3. The number of thiocarbonyl (C=S) groups is 1. The number of esters is 1. The summed E-state index contributed by atoms with van der Waals surface area (Å²) >= 11 is 8.24. The predicted molar refractivity (Wildman–Crippen MR) is 108 cm³/mol. The Labute approximate surface area is 157 Å². The number of benzene rings is 1. The molecule has 0 aliphatic heterocycles. The monoisotopic (exact) mass is 386 g/mol. The molecule has 8 heteroatoms. The van der Waals surface area contributed by atoms with Crippen LogP contribution in [0.1, 0.15) is 33.3 Å². The second-order valence-corrected chi connectivity index (χ2v) is 10.1. The Morgan fingerprint density at radius 2 is 2.04 bits per heavy atom. The number of rotatable bonds is 7. The van der Waals surface area contributed by atoms with E-state index in [-0.39, 0.29) is 12.6 Å². The van der Waals surface area contributed by atoms with Crippen LogP contribution in [0.4, 0.5) is 0 Å². The molecule has 24 heavy (non-hydrogen) atoms. The van der Waals surface area contributed by atoms with E-state index in [9.17, 15) is 14.8 Å². The van der Waals surface area contributed by atoms with Crippen molar-refractivity contribution < 1.29 is 19.6 Å². The highest BCUT2D eigenvalue weighted by Crippen LogP contribution is 2.32. The van der Waals surface area contributed by atoms with Gasteiger partial charge in [0, 0.05) is 5.75 Å². The normalized spacial score (nSPS) is 11.5. The Morgan fingerprint density at radius 1 is 1.38 bits per heavy atom. The van der Waals surface area contributed by atoms with Gasteiger partial charge < -0.3 is 14.8 Å². The van der Waals surface area contributed by atoms with Crippen LogP contribution in [0.2, 0.25) is 0 Å². The summed E-state index contributed by atoms with van der Waals surface area (Å²) in [4.78, 5) is 12.3. The molecule has 0 atom stereocenters. The van der Waals surface area contributed by atoms with Crippen molar-refractivity contribution in [3.63, 3.8) is 0 Å². The average molecular weight is 386 g/mol. The van der Waals surface area contributed by atoms with Crippen molar-refractivity contribution in [3.05, 3.63) is 29.8 Å². The Balaban J connectivity index is 2.56. The van der Waals surface area contributed by atoms with Crippen LogP contribution in [-0.4, -0.2) is 37.2 Å². The van der Waals surface area contributed by atoms with Crippen LogP contribution >= 0.6 is 35.7 Å². The molecule has 1 aromatic rings. The molecule has 0 bridgehead atoms. The predicted octanol–water partition coefficient (Wildman–Crippen LogP) is 2.60. The lowest BCUT2D eigenvalue weighted by atomic mass is 9.80. The van der Waals surface area contributed by atoms with Crippen LogP contribution in [0.3, 0.4) is 0 Å². The van der Waals surface area contributed by atoms with E-state index in [1.165, 1.54) is 11.8 Å². The number of thioether (sulfide) groups is 2. The van der Waals surface area contributed by atoms with E-state index in [1.54, 1.807) is 49.9 Å². The number of carbonyl (C=O) groups is 1. The van der Waals surface area contributed by atoms with Crippen molar-refractivity contribution in [1.82, 2.24) is 0 Å². The molecule has 0 heterocycles. The zero-order valence-electron chi connectivity index (χ0n) is 14.3. The van der Waals surface area contributed by atoms with Crippen LogP contribution in [0.5, 0.6) is 0 Å². The SMILES string of the molecule is CC(C)CSC(=S)SC(C)(C)C(=O)OCc1cccc(B(O)O)c1. The summed E-state index contributed by atoms with van der Waals surface area (Å²) in [5, 5.41) is 18.3. The van der Waals surface area contributed by atoms with Crippen molar-refractivity contribution in [1.29, 1.82) is 0 Å². The maximum absolute atomic E-state index is 12.3. The maximum Gasteiger partial charge on any atom is 0.488 e. The Bertz CT molecular complexity index is 576. The molecule has 0 saturated heterocycles. The number of hydrogen-bond donors (Lipinski definition) is 2. The molecule has 0 aromatic heterocycles. The van der Waals surface area contributed by atoms with Gasteiger partial charge in [-0.25, -0.2) is 0 Å². The summed E-state index contributed by atoms with van der Waals surface area (Å²) in [5.74, 6) is 1.11. The van der Waals surface area contributed by atoms with E-state index in [1.807, 2.05) is 0 Å². The first-order valence-electron chi connectivity index (χ1n) is 7.60. The van der Waals surface area contributed by atoms with E-state index < -0.39 is 11.9 Å². The summed E-state index contributed by atoms with van der Waals surface area (Å²) in [7, 11) is -1.54. The minimum atomic E-state index is -1.54. The first kappa shape index (κ1) is 21.5. The van der Waals surface area contributed by atoms with Crippen molar-refractivity contribution in [2.24, 2.45) is 5.92 Å². The van der Waals surface area contributed by atoms with E-state index in [2.05, 4.69) is 13.8 Å². The van der Waals surface area contributed by atoms with Crippen LogP contribution in [0.25, 0.3) is 0 Å². The Kier molecular flexibility index (Phi) is 8.80. The molecule has 0 fully saturated rings. The van der Waals surface area contributed by atoms with Gasteiger partial charge in [-0.05, 0) is 30.8 Å². The maximum atomic E-state index is 12.3. The zero-order valence-corrected chi connectivity index (χ0v) is 16.8. The molecule has 4 nitrogen and oxygen atoms in total. The van der Waals surface area contributed by atoms with Crippen LogP contribution < -0.4 is 5.46 Å². The quantitative estimate of drug-likeness (QED) is 0.424. The van der Waals surface area contributed by atoms with Crippen LogP contribution in [0.15, 0.2) is 24.3 Å². The molecule has 0 amide bonds. The van der Waals surface area contributed by atoms with Crippen molar-refractivity contribution >= 4 is 57.8 Å². The highest BCUT2D eigenvalue weighted by atomic mass is 32.2. The summed E-state index contributed by atoms with van der Waals surface area (Å²) in [6.45, 7) is 7.90. The van der Waals surface area contributed by atoms with Crippen LogP contribution in [0, 0.1) is 5.92 Å². The van der Waals surface area contributed by atoms with Crippen LogP contribution in [-0.2, 0) is 16.1 Å². The Hall–Kier alpha value is -0.535. The van der Waals surface area contributed by atoms with Gasteiger partial charge >= 0.3 is 13.1 Å². The van der Waals surface area contributed by atoms with E-state index in [4.69, 9.17) is 17.0 Å². The number of carbonyl (C=O) groups excluding carboxylic acids is 1. The second-order valence-electron chi connectivity index (χ2n) is 6.26. The molecule has 0 aliphatic rings. The second kappa shape index (κ2) is 9.82. The third-order valence-corrected chi connectivity index (χ3v) is 6.10. The minimum Gasteiger partial charge on any atom is -0.460 e. The highest BCUT2D eigenvalue weighted by Gasteiger charge is 2.32. The van der Waals surface area contributed by atoms with Gasteiger partial charge in [-0.2, -0.15) is 0 Å². The topological polar surface area (TPSA) is 66.8 Å². The highest BCUT2D eigenvalue weighted by molar-refractivity contribution is 8.47. The lowest BCUT2D eigenvalue weighted by molar-refractivity contribution is -0.146. The molecule has 0 saturated carbocycles. The molecule has 0 aliphatic carbocycles. The molecule has 1 aromatic carbocycles. The van der Waals surface area contributed by atoms with Crippen molar-refractivity contribution in [2.45, 2.75) is 39.0 Å². The van der Waals surface area contributed by atoms with Gasteiger partial charge in [0.2, 0.25) is 0 Å². The average Bonchev–Trinajstić information content (AvgIpc) is 2.50. The van der Waals surface area contributed by atoms with Gasteiger partial charge in [-0.15, -0.1) is 11.8 Å². The summed E-state index contributed by atoms with van der Waals surface area (Å²) in [6, 6.07) is 6.65. The zero-order chi connectivity index (χ0) is 18.3. The third kappa shape index (κ3) is 7.57. The fourth-order valence-corrected chi connectivity index (χ4v) is 4.60. The fraction of sp³-hybridized carbons (Fsp3) is 0.500. The van der Waals surface area contributed by atoms with E-state index in [0.29, 0.717) is 16.9 Å². The summed E-state index contributed by atoms with van der Waals surface area (Å²) in [5.41, 5.74) is 1.06. The smallest absolute Gasteiger partial charge is 0.460 e. The first-order chi connectivity index (χ1) is 11.1. The molecule has 0 radical (unpaired) electrons. The minimum absolute atomic E-state index is 0.0787.